The van der Waals surface area contributed by atoms with Crippen molar-refractivity contribution < 1.29 is 0 Å². The van der Waals surface area contributed by atoms with Gasteiger partial charge in [0.2, 0.25) is 0 Å². The molecule has 1 saturated heterocycles. The van der Waals surface area contributed by atoms with Crippen molar-refractivity contribution >= 4 is 0 Å². The topological polar surface area (TPSA) is 42.7 Å². The quantitative estimate of drug-likeness (QED) is 0.686. The molecule has 66 valence electrons. The van der Waals surface area contributed by atoms with Gasteiger partial charge in [-0.05, 0) is 31.8 Å². The van der Waals surface area contributed by atoms with E-state index in [1.165, 1.54) is 12.8 Å². The van der Waals surface area contributed by atoms with Crippen LogP contribution in [0.4, 0.5) is 0 Å². The van der Waals surface area contributed by atoms with Crippen molar-refractivity contribution in [1.29, 1.82) is 0 Å². The average molecular weight is 166 g/mol. The van der Waals surface area contributed by atoms with Crippen LogP contribution in [-0.2, 0) is 6.54 Å². The standard InChI is InChI=1S/C8H14N4/c1-3-9-4-2-8(1)7-12-6-5-10-11-12/h5-6,8-9H,1-4,7H2. The lowest BCUT2D eigenvalue weighted by atomic mass is 9.98. The van der Waals surface area contributed by atoms with Gasteiger partial charge in [-0.3, -0.25) is 4.68 Å². The first-order chi connectivity index (χ1) is 5.95. The molecule has 1 aromatic heterocycles. The summed E-state index contributed by atoms with van der Waals surface area (Å²) in [5, 5.41) is 11.1. The summed E-state index contributed by atoms with van der Waals surface area (Å²) in [4.78, 5) is 0. The molecule has 2 rings (SSSR count). The third-order valence-corrected chi connectivity index (χ3v) is 2.38. The highest BCUT2D eigenvalue weighted by Gasteiger charge is 2.13. The molecule has 0 atom stereocenters. The zero-order chi connectivity index (χ0) is 8.23. The maximum atomic E-state index is 3.96. The minimum absolute atomic E-state index is 0.785. The highest BCUT2D eigenvalue weighted by Crippen LogP contribution is 2.12. The van der Waals surface area contributed by atoms with Gasteiger partial charge in [-0.2, -0.15) is 0 Å². The molecule has 0 spiro atoms. The lowest BCUT2D eigenvalue weighted by Crippen LogP contribution is -2.30. The zero-order valence-corrected chi connectivity index (χ0v) is 7.11. The molecule has 4 nitrogen and oxygen atoms in total. The van der Waals surface area contributed by atoms with Crippen LogP contribution in [0.25, 0.3) is 0 Å². The Morgan fingerprint density at radius 3 is 2.92 bits per heavy atom. The smallest absolute Gasteiger partial charge is 0.0692 e. The summed E-state index contributed by atoms with van der Waals surface area (Å²) >= 11 is 0. The van der Waals surface area contributed by atoms with E-state index in [0.717, 1.165) is 25.6 Å². The first-order valence-corrected chi connectivity index (χ1v) is 4.50. The Morgan fingerprint density at radius 2 is 2.25 bits per heavy atom. The van der Waals surface area contributed by atoms with Crippen molar-refractivity contribution in [3.8, 4) is 0 Å². The van der Waals surface area contributed by atoms with E-state index in [-0.39, 0.29) is 0 Å². The van der Waals surface area contributed by atoms with Gasteiger partial charge in [0.05, 0.1) is 6.20 Å². The van der Waals surface area contributed by atoms with Crippen LogP contribution in [0.3, 0.4) is 0 Å². The normalized spacial score (nSPS) is 19.7. The summed E-state index contributed by atoms with van der Waals surface area (Å²) in [6.45, 7) is 3.33. The van der Waals surface area contributed by atoms with Gasteiger partial charge in [0.1, 0.15) is 0 Å². The van der Waals surface area contributed by atoms with E-state index in [2.05, 4.69) is 15.6 Å². The molecule has 0 saturated carbocycles. The van der Waals surface area contributed by atoms with Gasteiger partial charge < -0.3 is 5.32 Å². The van der Waals surface area contributed by atoms with E-state index in [1.54, 1.807) is 6.20 Å². The molecule has 1 aliphatic rings. The van der Waals surface area contributed by atoms with E-state index < -0.39 is 0 Å². The van der Waals surface area contributed by atoms with Crippen molar-refractivity contribution in [2.75, 3.05) is 13.1 Å². The lowest BCUT2D eigenvalue weighted by molar-refractivity contribution is 0.318. The van der Waals surface area contributed by atoms with Crippen LogP contribution in [0.15, 0.2) is 12.4 Å². The Labute approximate surface area is 72.0 Å². The molecule has 1 aliphatic heterocycles. The van der Waals surface area contributed by atoms with Crippen LogP contribution in [0.1, 0.15) is 12.8 Å². The highest BCUT2D eigenvalue weighted by molar-refractivity contribution is 4.71. The predicted octanol–water partition coefficient (Wildman–Crippen LogP) is 0.278. The predicted molar refractivity (Wildman–Crippen MR) is 45.6 cm³/mol. The second-order valence-electron chi connectivity index (χ2n) is 3.32. The van der Waals surface area contributed by atoms with Crippen LogP contribution in [0, 0.1) is 5.92 Å². The van der Waals surface area contributed by atoms with Gasteiger partial charge in [-0.25, -0.2) is 0 Å². The largest absolute Gasteiger partial charge is 0.317 e. The van der Waals surface area contributed by atoms with Crippen molar-refractivity contribution in [2.45, 2.75) is 19.4 Å². The van der Waals surface area contributed by atoms with E-state index in [0.29, 0.717) is 0 Å². The van der Waals surface area contributed by atoms with E-state index in [9.17, 15) is 0 Å². The van der Waals surface area contributed by atoms with Gasteiger partial charge in [-0.15, -0.1) is 5.10 Å². The summed E-state index contributed by atoms with van der Waals surface area (Å²) in [5.41, 5.74) is 0. The Balaban J connectivity index is 1.86. The van der Waals surface area contributed by atoms with Gasteiger partial charge in [0.25, 0.3) is 0 Å². The zero-order valence-electron chi connectivity index (χ0n) is 7.11. The van der Waals surface area contributed by atoms with Crippen molar-refractivity contribution in [3.05, 3.63) is 12.4 Å². The number of hydrogen-bond donors (Lipinski definition) is 1. The Bertz CT molecular complexity index is 213. The van der Waals surface area contributed by atoms with Crippen LogP contribution in [0.5, 0.6) is 0 Å². The van der Waals surface area contributed by atoms with Crippen LogP contribution < -0.4 is 5.32 Å². The van der Waals surface area contributed by atoms with Crippen molar-refractivity contribution in [1.82, 2.24) is 20.3 Å². The van der Waals surface area contributed by atoms with E-state index in [1.807, 2.05) is 10.9 Å². The average Bonchev–Trinajstić information content (AvgIpc) is 2.59. The summed E-state index contributed by atoms with van der Waals surface area (Å²) in [5.74, 6) is 0.785. The minimum atomic E-state index is 0.785. The third-order valence-electron chi connectivity index (χ3n) is 2.38. The maximum Gasteiger partial charge on any atom is 0.0692 e. The van der Waals surface area contributed by atoms with Crippen LogP contribution in [0.2, 0.25) is 0 Å². The highest BCUT2D eigenvalue weighted by atomic mass is 15.4. The summed E-state index contributed by atoms with van der Waals surface area (Å²) in [6.07, 6.45) is 6.20. The molecule has 1 aromatic rings. The number of piperidine rings is 1. The van der Waals surface area contributed by atoms with E-state index >= 15 is 0 Å². The van der Waals surface area contributed by atoms with Gasteiger partial charge in [-0.1, -0.05) is 5.21 Å². The first kappa shape index (κ1) is 7.73. The summed E-state index contributed by atoms with van der Waals surface area (Å²) in [7, 11) is 0. The molecule has 0 bridgehead atoms. The Hall–Kier alpha value is -0.900. The Kier molecular flexibility index (Phi) is 2.36. The summed E-state index contributed by atoms with van der Waals surface area (Å²) < 4.78 is 1.93. The van der Waals surface area contributed by atoms with E-state index in [4.69, 9.17) is 0 Å². The molecule has 0 unspecified atom stereocenters. The van der Waals surface area contributed by atoms with Crippen LogP contribution >= 0.6 is 0 Å². The second kappa shape index (κ2) is 3.67. The molecule has 0 amide bonds. The van der Waals surface area contributed by atoms with Crippen LogP contribution in [-0.4, -0.2) is 28.1 Å². The molecule has 1 N–H and O–H groups in total. The van der Waals surface area contributed by atoms with Crippen molar-refractivity contribution in [3.63, 3.8) is 0 Å². The van der Waals surface area contributed by atoms with Gasteiger partial charge in [0, 0.05) is 12.7 Å². The molecule has 1 fully saturated rings. The molecule has 0 aliphatic carbocycles. The number of aromatic nitrogens is 3. The number of rotatable bonds is 2. The Morgan fingerprint density at radius 1 is 1.42 bits per heavy atom. The lowest BCUT2D eigenvalue weighted by Gasteiger charge is -2.21. The molecule has 0 aromatic carbocycles. The first-order valence-electron chi connectivity index (χ1n) is 4.50. The second-order valence-corrected chi connectivity index (χ2v) is 3.32. The molecular formula is C8H14N4. The number of nitrogens with one attached hydrogen (secondary N) is 1. The number of nitrogens with zero attached hydrogens (tertiary/aromatic N) is 3. The molecular weight excluding hydrogens is 152 g/mol. The monoisotopic (exact) mass is 166 g/mol. The fourth-order valence-corrected chi connectivity index (χ4v) is 1.66. The molecule has 4 heteroatoms. The molecule has 2 heterocycles. The van der Waals surface area contributed by atoms with Gasteiger partial charge in [0.15, 0.2) is 0 Å². The summed E-state index contributed by atoms with van der Waals surface area (Å²) in [6, 6.07) is 0. The fourth-order valence-electron chi connectivity index (χ4n) is 1.66. The fraction of sp³-hybridized carbons (Fsp3) is 0.750. The number of hydrogen-bond acceptors (Lipinski definition) is 3. The van der Waals surface area contributed by atoms with Crippen molar-refractivity contribution in [2.24, 2.45) is 5.92 Å². The third kappa shape index (κ3) is 1.82. The minimum Gasteiger partial charge on any atom is -0.317 e. The maximum absolute atomic E-state index is 3.96. The molecule has 12 heavy (non-hydrogen) atoms. The van der Waals surface area contributed by atoms with Gasteiger partial charge >= 0.3 is 0 Å². The molecule has 0 radical (unpaired) electrons. The SMILES string of the molecule is c1cn(CC2CCNCC2)nn1.